The summed E-state index contributed by atoms with van der Waals surface area (Å²) < 4.78 is 0. The van der Waals surface area contributed by atoms with E-state index >= 15 is 0 Å². The molecule has 3 rings (SSSR count). The maximum absolute atomic E-state index is 10.1. The smallest absolute Gasteiger partial charge is 0.0791 e. The van der Waals surface area contributed by atoms with Crippen LogP contribution in [0.15, 0.2) is 0 Å². The largest absolute Gasteiger partial charge is 0.390 e. The minimum atomic E-state index is -0.173. The van der Waals surface area contributed by atoms with Gasteiger partial charge in [0.15, 0.2) is 0 Å². The Labute approximate surface area is 105 Å². The fourth-order valence-corrected chi connectivity index (χ4v) is 2.51. The van der Waals surface area contributed by atoms with Crippen LogP contribution >= 0.6 is 0 Å². The number of aliphatic hydroxyl groups excluding tert-OH is 1. The van der Waals surface area contributed by atoms with Gasteiger partial charge in [0, 0.05) is 32.2 Å². The van der Waals surface area contributed by atoms with Gasteiger partial charge in [0.2, 0.25) is 0 Å². The van der Waals surface area contributed by atoms with Crippen molar-refractivity contribution >= 4 is 0 Å². The highest BCUT2D eigenvalue weighted by Crippen LogP contribution is 2.33. The van der Waals surface area contributed by atoms with Crippen molar-refractivity contribution < 1.29 is 5.11 Å². The van der Waals surface area contributed by atoms with Crippen molar-refractivity contribution in [3.05, 3.63) is 0 Å². The summed E-state index contributed by atoms with van der Waals surface area (Å²) in [7, 11) is 0. The minimum absolute atomic E-state index is 0.173. The van der Waals surface area contributed by atoms with Crippen LogP contribution in [0.5, 0.6) is 0 Å². The molecule has 3 nitrogen and oxygen atoms in total. The van der Waals surface area contributed by atoms with Crippen LogP contribution < -0.4 is 5.32 Å². The number of nitrogens with one attached hydrogen (secondary N) is 1. The molecule has 3 aliphatic rings. The molecular weight excluding hydrogens is 212 g/mol. The molecule has 0 spiro atoms. The van der Waals surface area contributed by atoms with Crippen LogP contribution in [0.1, 0.15) is 38.5 Å². The van der Waals surface area contributed by atoms with Crippen molar-refractivity contribution in [2.24, 2.45) is 11.8 Å². The first-order valence-corrected chi connectivity index (χ1v) is 7.43. The van der Waals surface area contributed by atoms with E-state index in [1.54, 1.807) is 0 Å². The predicted octanol–water partition coefficient (Wildman–Crippen LogP) is 1.22. The average molecular weight is 238 g/mol. The van der Waals surface area contributed by atoms with E-state index in [2.05, 4.69) is 10.2 Å². The second-order valence-corrected chi connectivity index (χ2v) is 6.44. The van der Waals surface area contributed by atoms with Gasteiger partial charge in [0.25, 0.3) is 0 Å². The maximum Gasteiger partial charge on any atom is 0.0791 e. The van der Waals surface area contributed by atoms with Crippen LogP contribution in [-0.4, -0.2) is 48.3 Å². The zero-order valence-electron chi connectivity index (χ0n) is 10.8. The van der Waals surface area contributed by atoms with Gasteiger partial charge in [-0.05, 0) is 50.4 Å². The Hall–Kier alpha value is -0.120. The van der Waals surface area contributed by atoms with Gasteiger partial charge in [-0.15, -0.1) is 0 Å². The van der Waals surface area contributed by atoms with Gasteiger partial charge >= 0.3 is 0 Å². The zero-order valence-corrected chi connectivity index (χ0v) is 10.8. The first kappa shape index (κ1) is 11.9. The third kappa shape index (κ3) is 4.57. The van der Waals surface area contributed by atoms with E-state index in [0.717, 1.165) is 24.9 Å². The topological polar surface area (TPSA) is 35.5 Å². The van der Waals surface area contributed by atoms with E-state index in [1.807, 2.05) is 0 Å². The lowest BCUT2D eigenvalue weighted by Gasteiger charge is -2.25. The molecule has 0 radical (unpaired) electrons. The Morgan fingerprint density at radius 1 is 1.00 bits per heavy atom. The molecule has 0 aromatic heterocycles. The summed E-state index contributed by atoms with van der Waals surface area (Å²) >= 11 is 0. The van der Waals surface area contributed by atoms with Crippen LogP contribution in [-0.2, 0) is 0 Å². The molecule has 0 heterocycles. The molecule has 3 fully saturated rings. The molecule has 0 saturated heterocycles. The number of rotatable bonds is 9. The summed E-state index contributed by atoms with van der Waals surface area (Å²) in [4.78, 5) is 2.52. The Kier molecular flexibility index (Phi) is 3.69. The first-order chi connectivity index (χ1) is 8.29. The number of hydrogen-bond donors (Lipinski definition) is 2. The van der Waals surface area contributed by atoms with Gasteiger partial charge in [-0.1, -0.05) is 0 Å². The molecule has 3 aliphatic carbocycles. The lowest BCUT2D eigenvalue weighted by atomic mass is 10.2. The van der Waals surface area contributed by atoms with Crippen LogP contribution in [0, 0.1) is 11.8 Å². The Morgan fingerprint density at radius 2 is 1.59 bits per heavy atom. The standard InChI is InChI=1S/C14H26N2O/c17-14(7-15-13-5-6-13)10-16(8-11-1-2-11)9-12-3-4-12/h11-15,17H,1-10H2. The molecule has 0 aliphatic heterocycles. The zero-order chi connectivity index (χ0) is 11.7. The molecule has 98 valence electrons. The molecule has 3 heteroatoms. The highest BCUT2D eigenvalue weighted by Gasteiger charge is 2.30. The number of nitrogens with zero attached hydrogens (tertiary/aromatic N) is 1. The Morgan fingerprint density at radius 3 is 2.06 bits per heavy atom. The van der Waals surface area contributed by atoms with Crippen LogP contribution in [0.2, 0.25) is 0 Å². The van der Waals surface area contributed by atoms with Gasteiger partial charge in [0.1, 0.15) is 0 Å². The number of hydrogen-bond acceptors (Lipinski definition) is 3. The third-order valence-electron chi connectivity index (χ3n) is 4.12. The molecule has 0 bridgehead atoms. The van der Waals surface area contributed by atoms with Gasteiger partial charge in [-0.3, -0.25) is 0 Å². The normalized spacial score (nSPS) is 26.5. The molecule has 3 saturated carbocycles. The highest BCUT2D eigenvalue weighted by atomic mass is 16.3. The van der Waals surface area contributed by atoms with Crippen molar-refractivity contribution in [3.63, 3.8) is 0 Å². The molecule has 0 aromatic carbocycles. The van der Waals surface area contributed by atoms with Crippen molar-refractivity contribution in [3.8, 4) is 0 Å². The van der Waals surface area contributed by atoms with Gasteiger partial charge in [-0.25, -0.2) is 0 Å². The van der Waals surface area contributed by atoms with E-state index in [4.69, 9.17) is 0 Å². The summed E-state index contributed by atoms with van der Waals surface area (Å²) in [6, 6.07) is 0.713. The molecule has 0 amide bonds. The quantitative estimate of drug-likeness (QED) is 0.634. The first-order valence-electron chi connectivity index (χ1n) is 7.43. The van der Waals surface area contributed by atoms with E-state index in [9.17, 15) is 5.11 Å². The van der Waals surface area contributed by atoms with Crippen molar-refractivity contribution in [2.75, 3.05) is 26.2 Å². The summed E-state index contributed by atoms with van der Waals surface area (Å²) in [6.45, 7) is 4.14. The minimum Gasteiger partial charge on any atom is -0.390 e. The van der Waals surface area contributed by atoms with Gasteiger partial charge in [0.05, 0.1) is 6.10 Å². The monoisotopic (exact) mass is 238 g/mol. The Bertz CT molecular complexity index is 233. The molecular formula is C14H26N2O. The SMILES string of the molecule is OC(CNC1CC1)CN(CC1CC1)CC1CC1. The second kappa shape index (κ2) is 5.25. The summed E-state index contributed by atoms with van der Waals surface area (Å²) in [6.07, 6.45) is 8.10. The fourth-order valence-electron chi connectivity index (χ4n) is 2.51. The van der Waals surface area contributed by atoms with Crippen molar-refractivity contribution in [1.29, 1.82) is 0 Å². The lowest BCUT2D eigenvalue weighted by Crippen LogP contribution is -2.40. The highest BCUT2D eigenvalue weighted by molar-refractivity contribution is 4.85. The molecule has 17 heavy (non-hydrogen) atoms. The van der Waals surface area contributed by atoms with Crippen molar-refractivity contribution in [2.45, 2.75) is 50.7 Å². The Balaban J connectivity index is 1.36. The second-order valence-electron chi connectivity index (χ2n) is 6.44. The molecule has 1 atom stereocenters. The molecule has 1 unspecified atom stereocenters. The van der Waals surface area contributed by atoms with Crippen LogP contribution in [0.4, 0.5) is 0 Å². The van der Waals surface area contributed by atoms with Gasteiger partial charge < -0.3 is 15.3 Å². The van der Waals surface area contributed by atoms with E-state index in [-0.39, 0.29) is 6.10 Å². The predicted molar refractivity (Wildman–Crippen MR) is 68.9 cm³/mol. The van der Waals surface area contributed by atoms with Crippen LogP contribution in [0.25, 0.3) is 0 Å². The van der Waals surface area contributed by atoms with Crippen molar-refractivity contribution in [1.82, 2.24) is 10.2 Å². The third-order valence-corrected chi connectivity index (χ3v) is 4.12. The van der Waals surface area contributed by atoms with Crippen LogP contribution in [0.3, 0.4) is 0 Å². The maximum atomic E-state index is 10.1. The fraction of sp³-hybridized carbons (Fsp3) is 1.00. The summed E-state index contributed by atoms with van der Waals surface area (Å²) in [5.41, 5.74) is 0. The van der Waals surface area contributed by atoms with E-state index < -0.39 is 0 Å². The number of aliphatic hydroxyl groups is 1. The molecule has 0 aromatic rings. The summed E-state index contributed by atoms with van der Waals surface area (Å²) in [5.74, 6) is 1.88. The van der Waals surface area contributed by atoms with Gasteiger partial charge in [-0.2, -0.15) is 0 Å². The van der Waals surface area contributed by atoms with E-state index in [0.29, 0.717) is 6.04 Å². The molecule has 2 N–H and O–H groups in total. The lowest BCUT2D eigenvalue weighted by molar-refractivity contribution is 0.105. The summed E-state index contributed by atoms with van der Waals surface area (Å²) in [5, 5.41) is 13.5. The van der Waals surface area contributed by atoms with E-state index in [1.165, 1.54) is 51.6 Å². The average Bonchev–Trinajstić information content (AvgIpc) is 3.10.